The molecule has 3 aromatic rings. The van der Waals surface area contributed by atoms with Crippen molar-refractivity contribution in [2.45, 2.75) is 11.8 Å². The van der Waals surface area contributed by atoms with Crippen molar-refractivity contribution in [3.8, 4) is 17.2 Å². The summed E-state index contributed by atoms with van der Waals surface area (Å²) < 4.78 is 39.3. The van der Waals surface area contributed by atoms with Gasteiger partial charge in [-0.2, -0.15) is 0 Å². The zero-order chi connectivity index (χ0) is 21.5. The average Bonchev–Trinajstić information content (AvgIpc) is 2.83. The van der Waals surface area contributed by atoms with Gasteiger partial charge in [-0.15, -0.1) is 0 Å². The molecular weight excluding hydrogens is 428 g/mol. The normalized spacial score (nSPS) is 12.7. The van der Waals surface area contributed by atoms with Crippen molar-refractivity contribution >= 4 is 38.9 Å². The van der Waals surface area contributed by atoms with E-state index in [1.165, 1.54) is 31.4 Å². The molecule has 0 saturated heterocycles. The third-order valence-corrected chi connectivity index (χ3v) is 6.13. The van der Waals surface area contributed by atoms with Gasteiger partial charge < -0.3 is 14.8 Å². The molecule has 0 atom stereocenters. The molecule has 9 heteroatoms. The highest BCUT2D eigenvalue weighted by Gasteiger charge is 2.24. The van der Waals surface area contributed by atoms with Gasteiger partial charge in [0.25, 0.3) is 15.9 Å². The van der Waals surface area contributed by atoms with Crippen LogP contribution in [0, 0.1) is 6.92 Å². The van der Waals surface area contributed by atoms with E-state index in [9.17, 15) is 13.2 Å². The van der Waals surface area contributed by atoms with Gasteiger partial charge in [-0.25, -0.2) is 8.42 Å². The predicted molar refractivity (Wildman–Crippen MR) is 114 cm³/mol. The van der Waals surface area contributed by atoms with Crippen molar-refractivity contribution in [2.24, 2.45) is 0 Å². The van der Waals surface area contributed by atoms with Crippen LogP contribution in [0.15, 0.2) is 59.5 Å². The summed E-state index contributed by atoms with van der Waals surface area (Å²) in [6.45, 7) is 1.78. The molecular formula is C21H17ClN2O5S. The molecule has 30 heavy (non-hydrogen) atoms. The second kappa shape index (κ2) is 7.55. The molecule has 4 rings (SSSR count). The minimum absolute atomic E-state index is 0.00249. The minimum atomic E-state index is -3.96. The van der Waals surface area contributed by atoms with Crippen LogP contribution >= 0.6 is 11.6 Å². The maximum atomic E-state index is 12.9. The lowest BCUT2D eigenvalue weighted by atomic mass is 10.1. The number of ether oxygens (including phenoxy) is 2. The maximum Gasteiger partial charge on any atom is 0.265 e. The molecule has 7 nitrogen and oxygen atoms in total. The topological polar surface area (TPSA) is 93.7 Å². The number of hydrogen-bond donors (Lipinski definition) is 2. The Labute approximate surface area is 178 Å². The van der Waals surface area contributed by atoms with Gasteiger partial charge in [0.1, 0.15) is 16.4 Å². The predicted octanol–water partition coefficient (Wildman–Crippen LogP) is 4.82. The van der Waals surface area contributed by atoms with Gasteiger partial charge in [0.2, 0.25) is 0 Å². The summed E-state index contributed by atoms with van der Waals surface area (Å²) in [4.78, 5) is 12.7. The van der Waals surface area contributed by atoms with E-state index in [4.69, 9.17) is 21.1 Å². The average molecular weight is 445 g/mol. The fourth-order valence-corrected chi connectivity index (χ4v) is 4.54. The van der Waals surface area contributed by atoms with Crippen molar-refractivity contribution in [3.63, 3.8) is 0 Å². The molecule has 2 N–H and O–H groups in total. The van der Waals surface area contributed by atoms with Crippen LogP contribution in [-0.2, 0) is 10.0 Å². The molecule has 0 spiro atoms. The Kier molecular flexibility index (Phi) is 5.05. The summed E-state index contributed by atoms with van der Waals surface area (Å²) in [5.41, 5.74) is 1.58. The Bertz CT molecular complexity index is 1270. The summed E-state index contributed by atoms with van der Waals surface area (Å²) >= 11 is 5.99. The molecule has 0 aromatic heterocycles. The second-order valence-electron chi connectivity index (χ2n) is 6.67. The van der Waals surface area contributed by atoms with E-state index in [0.717, 1.165) is 5.56 Å². The van der Waals surface area contributed by atoms with Gasteiger partial charge in [0.15, 0.2) is 5.75 Å². The molecule has 1 amide bonds. The number of halogens is 1. The van der Waals surface area contributed by atoms with E-state index < -0.39 is 15.9 Å². The van der Waals surface area contributed by atoms with Crippen molar-refractivity contribution in [2.75, 3.05) is 17.1 Å². The summed E-state index contributed by atoms with van der Waals surface area (Å²) in [5, 5.41) is 3.17. The monoisotopic (exact) mass is 444 g/mol. The summed E-state index contributed by atoms with van der Waals surface area (Å²) in [6, 6.07) is 14.2. The minimum Gasteiger partial charge on any atom is -0.495 e. The van der Waals surface area contributed by atoms with Crippen molar-refractivity contribution in [1.29, 1.82) is 0 Å². The number of anilines is 2. The summed E-state index contributed by atoms with van der Waals surface area (Å²) in [7, 11) is -2.56. The van der Waals surface area contributed by atoms with Gasteiger partial charge in [-0.1, -0.05) is 17.7 Å². The zero-order valence-electron chi connectivity index (χ0n) is 16.0. The first-order valence-electron chi connectivity index (χ1n) is 8.87. The number of sulfonamides is 1. The Hall–Kier alpha value is -3.23. The Morgan fingerprint density at radius 3 is 2.57 bits per heavy atom. The molecule has 154 valence electrons. The number of hydrogen-bond acceptors (Lipinski definition) is 5. The van der Waals surface area contributed by atoms with E-state index in [1.54, 1.807) is 37.3 Å². The number of nitrogens with one attached hydrogen (secondary N) is 2. The smallest absolute Gasteiger partial charge is 0.265 e. The highest BCUT2D eigenvalue weighted by Crippen LogP contribution is 2.38. The van der Waals surface area contributed by atoms with Gasteiger partial charge in [0, 0.05) is 10.7 Å². The lowest BCUT2D eigenvalue weighted by Crippen LogP contribution is -2.15. The largest absolute Gasteiger partial charge is 0.495 e. The first-order chi connectivity index (χ1) is 14.3. The van der Waals surface area contributed by atoms with E-state index in [-0.39, 0.29) is 21.9 Å². The molecule has 0 radical (unpaired) electrons. The standard InChI is InChI=1S/C21H17ClN2O5S/c1-12-3-6-19(28-2)20(9-12)30(26,27)24-14-5-8-17-15(11-14)21(25)23-16-10-13(22)4-7-18(16)29-17/h3-11,24H,1-2H3,(H,23,25). The number of benzene rings is 3. The van der Waals surface area contributed by atoms with Gasteiger partial charge in [0.05, 0.1) is 18.4 Å². The molecule has 3 aromatic carbocycles. The highest BCUT2D eigenvalue weighted by atomic mass is 35.5. The Morgan fingerprint density at radius 2 is 1.80 bits per heavy atom. The van der Waals surface area contributed by atoms with E-state index >= 15 is 0 Å². The van der Waals surface area contributed by atoms with Crippen LogP contribution in [0.5, 0.6) is 17.2 Å². The molecule has 0 bridgehead atoms. The number of methoxy groups -OCH3 is 1. The lowest BCUT2D eigenvalue weighted by Gasteiger charge is -2.13. The third-order valence-electron chi connectivity index (χ3n) is 4.49. The second-order valence-corrected chi connectivity index (χ2v) is 8.75. The molecule has 1 aliphatic rings. The summed E-state index contributed by atoms with van der Waals surface area (Å²) in [6.07, 6.45) is 0. The molecule has 0 unspecified atom stereocenters. The number of carbonyl (C=O) groups is 1. The first kappa shape index (κ1) is 20.1. The number of fused-ring (bicyclic) bond motifs is 2. The highest BCUT2D eigenvalue weighted by molar-refractivity contribution is 7.92. The zero-order valence-corrected chi connectivity index (χ0v) is 17.6. The van der Waals surface area contributed by atoms with Crippen LogP contribution in [0.25, 0.3) is 0 Å². The van der Waals surface area contributed by atoms with E-state index in [1.807, 2.05) is 0 Å². The quantitative estimate of drug-likeness (QED) is 0.602. The molecule has 0 aliphatic carbocycles. The van der Waals surface area contributed by atoms with Crippen molar-refractivity contribution in [3.05, 3.63) is 70.7 Å². The number of rotatable bonds is 4. The van der Waals surface area contributed by atoms with Crippen LogP contribution in [0.4, 0.5) is 11.4 Å². The fourth-order valence-electron chi connectivity index (χ4n) is 3.06. The maximum absolute atomic E-state index is 12.9. The van der Waals surface area contributed by atoms with Crippen LogP contribution in [0.1, 0.15) is 15.9 Å². The fraction of sp³-hybridized carbons (Fsp3) is 0.0952. The molecule has 0 saturated carbocycles. The van der Waals surface area contributed by atoms with Crippen LogP contribution in [0.2, 0.25) is 5.02 Å². The number of aryl methyl sites for hydroxylation is 1. The summed E-state index contributed by atoms with van der Waals surface area (Å²) in [5.74, 6) is 0.505. The number of amides is 1. The van der Waals surface area contributed by atoms with Crippen molar-refractivity contribution in [1.82, 2.24) is 0 Å². The first-order valence-corrected chi connectivity index (χ1v) is 10.7. The van der Waals surface area contributed by atoms with Crippen LogP contribution < -0.4 is 19.5 Å². The molecule has 1 heterocycles. The van der Waals surface area contributed by atoms with Crippen LogP contribution in [0.3, 0.4) is 0 Å². The van der Waals surface area contributed by atoms with Gasteiger partial charge >= 0.3 is 0 Å². The Balaban J connectivity index is 1.69. The van der Waals surface area contributed by atoms with Crippen LogP contribution in [-0.4, -0.2) is 21.4 Å². The third kappa shape index (κ3) is 3.79. The molecule has 1 aliphatic heterocycles. The van der Waals surface area contributed by atoms with E-state index in [2.05, 4.69) is 10.0 Å². The Morgan fingerprint density at radius 1 is 1.03 bits per heavy atom. The molecule has 0 fully saturated rings. The lowest BCUT2D eigenvalue weighted by molar-refractivity contribution is 0.102. The van der Waals surface area contributed by atoms with Gasteiger partial charge in [-0.05, 0) is 61.0 Å². The van der Waals surface area contributed by atoms with Gasteiger partial charge in [-0.3, -0.25) is 9.52 Å². The van der Waals surface area contributed by atoms with Crippen molar-refractivity contribution < 1.29 is 22.7 Å². The SMILES string of the molecule is COc1ccc(C)cc1S(=O)(=O)Nc1ccc2c(c1)C(=O)Nc1cc(Cl)ccc1O2. The van der Waals surface area contributed by atoms with E-state index in [0.29, 0.717) is 22.2 Å². The number of carbonyl (C=O) groups excluding carboxylic acids is 1.